The van der Waals surface area contributed by atoms with E-state index in [1.54, 1.807) is 19.1 Å². The van der Waals surface area contributed by atoms with Gasteiger partial charge in [0, 0.05) is 5.56 Å². The molecule has 0 saturated carbocycles. The van der Waals surface area contributed by atoms with Gasteiger partial charge in [-0.1, -0.05) is 20.3 Å². The maximum Gasteiger partial charge on any atom is 0.326 e. The molecule has 0 saturated heterocycles. The highest BCUT2D eigenvalue weighted by Crippen LogP contribution is 2.13. The number of hydrogen-bond donors (Lipinski definition) is 3. The molecule has 1 amide bonds. The van der Waals surface area contributed by atoms with Gasteiger partial charge in [0.15, 0.2) is 0 Å². The van der Waals surface area contributed by atoms with Crippen LogP contribution in [-0.2, 0) is 21.4 Å². The summed E-state index contributed by atoms with van der Waals surface area (Å²) in [6, 6.07) is 7.54. The van der Waals surface area contributed by atoms with Gasteiger partial charge in [0.1, 0.15) is 11.8 Å². The zero-order chi connectivity index (χ0) is 20.0. The molecule has 0 fully saturated rings. The van der Waals surface area contributed by atoms with Crippen LogP contribution in [0.3, 0.4) is 0 Å². The van der Waals surface area contributed by atoms with E-state index < -0.39 is 27.9 Å². The summed E-state index contributed by atoms with van der Waals surface area (Å²) in [5.41, 5.74) is 0.175. The summed E-state index contributed by atoms with van der Waals surface area (Å²) in [5, 5.41) is 11.7. The van der Waals surface area contributed by atoms with E-state index in [0.717, 1.165) is 0 Å². The molecule has 0 aliphatic heterocycles. The number of rotatable bonds is 9. The number of benzene rings is 1. The van der Waals surface area contributed by atoms with Crippen LogP contribution in [-0.4, -0.2) is 31.4 Å². The van der Waals surface area contributed by atoms with Crippen molar-refractivity contribution in [3.8, 4) is 0 Å². The third kappa shape index (κ3) is 5.41. The number of carboxylic acids is 1. The standard InChI is InChI=1S/C18H22N2O6S/c1-3-12(2)16(18(22)23)20-17(21)13-6-8-15(9-7-13)27(24,25)19-11-14-5-4-10-26-14/h4-10,12,16,19H,3,11H2,1-2H3,(H,20,21)(H,22,23). The van der Waals surface area contributed by atoms with Gasteiger partial charge in [0.2, 0.25) is 10.0 Å². The minimum Gasteiger partial charge on any atom is -0.480 e. The Morgan fingerprint density at radius 2 is 1.85 bits per heavy atom. The van der Waals surface area contributed by atoms with E-state index in [4.69, 9.17) is 4.42 Å². The largest absolute Gasteiger partial charge is 0.480 e. The van der Waals surface area contributed by atoms with Gasteiger partial charge >= 0.3 is 5.97 Å². The van der Waals surface area contributed by atoms with Gasteiger partial charge in [-0.15, -0.1) is 0 Å². The predicted octanol–water partition coefficient (Wildman–Crippen LogP) is 1.99. The number of furan rings is 1. The molecule has 2 atom stereocenters. The summed E-state index contributed by atoms with van der Waals surface area (Å²) in [6.45, 7) is 3.58. The normalized spacial score (nSPS) is 13.7. The first-order valence-corrected chi connectivity index (χ1v) is 9.88. The average Bonchev–Trinajstić information content (AvgIpc) is 3.17. The van der Waals surface area contributed by atoms with Crippen LogP contribution < -0.4 is 10.0 Å². The molecule has 3 N–H and O–H groups in total. The van der Waals surface area contributed by atoms with Crippen LogP contribution in [0.25, 0.3) is 0 Å². The molecule has 2 unspecified atom stereocenters. The summed E-state index contributed by atoms with van der Waals surface area (Å²) in [7, 11) is -3.77. The number of amides is 1. The lowest BCUT2D eigenvalue weighted by Gasteiger charge is -2.20. The molecule has 8 nitrogen and oxygen atoms in total. The summed E-state index contributed by atoms with van der Waals surface area (Å²) in [6.07, 6.45) is 2.04. The Kier molecular flexibility index (Phi) is 6.75. The number of carbonyl (C=O) groups is 2. The van der Waals surface area contributed by atoms with Crippen molar-refractivity contribution in [3.05, 3.63) is 54.0 Å². The first-order chi connectivity index (χ1) is 12.7. The van der Waals surface area contributed by atoms with E-state index in [9.17, 15) is 23.1 Å². The van der Waals surface area contributed by atoms with Gasteiger partial charge < -0.3 is 14.8 Å². The molecule has 1 aromatic carbocycles. The highest BCUT2D eigenvalue weighted by molar-refractivity contribution is 7.89. The van der Waals surface area contributed by atoms with E-state index in [1.807, 2.05) is 6.92 Å². The minimum absolute atomic E-state index is 0.00671. The Hall–Kier alpha value is -2.65. The third-order valence-electron chi connectivity index (χ3n) is 4.21. The van der Waals surface area contributed by atoms with Crippen LogP contribution in [0.15, 0.2) is 52.0 Å². The lowest BCUT2D eigenvalue weighted by molar-refractivity contribution is -0.140. The van der Waals surface area contributed by atoms with Crippen LogP contribution in [0.2, 0.25) is 0 Å². The van der Waals surface area contributed by atoms with Crippen molar-refractivity contribution >= 4 is 21.9 Å². The average molecular weight is 394 g/mol. The van der Waals surface area contributed by atoms with E-state index >= 15 is 0 Å². The Bertz CT molecular complexity index is 875. The van der Waals surface area contributed by atoms with Crippen molar-refractivity contribution < 1.29 is 27.5 Å². The lowest BCUT2D eigenvalue weighted by Crippen LogP contribution is -2.45. The van der Waals surface area contributed by atoms with E-state index in [2.05, 4.69) is 10.0 Å². The van der Waals surface area contributed by atoms with Crippen molar-refractivity contribution in [1.82, 2.24) is 10.0 Å². The molecule has 0 radical (unpaired) electrons. The van der Waals surface area contributed by atoms with Crippen molar-refractivity contribution in [1.29, 1.82) is 0 Å². The molecule has 2 rings (SSSR count). The van der Waals surface area contributed by atoms with Gasteiger partial charge in [-0.25, -0.2) is 17.9 Å². The number of carboxylic acid groups (broad SMARTS) is 1. The molecule has 0 aliphatic rings. The van der Waals surface area contributed by atoms with Crippen LogP contribution >= 0.6 is 0 Å². The van der Waals surface area contributed by atoms with Crippen LogP contribution in [0, 0.1) is 5.92 Å². The van der Waals surface area contributed by atoms with Crippen LogP contribution in [0.5, 0.6) is 0 Å². The molecule has 146 valence electrons. The van der Waals surface area contributed by atoms with E-state index in [0.29, 0.717) is 12.2 Å². The molecule has 27 heavy (non-hydrogen) atoms. The summed E-state index contributed by atoms with van der Waals surface area (Å²) in [4.78, 5) is 23.6. The summed E-state index contributed by atoms with van der Waals surface area (Å²) < 4.78 is 32.0. The second-order valence-corrected chi connectivity index (χ2v) is 7.87. The number of hydrogen-bond acceptors (Lipinski definition) is 5. The fraction of sp³-hybridized carbons (Fsp3) is 0.333. The van der Waals surface area contributed by atoms with E-state index in [-0.39, 0.29) is 22.9 Å². The molecule has 9 heteroatoms. The summed E-state index contributed by atoms with van der Waals surface area (Å²) in [5.74, 6) is -1.45. The van der Waals surface area contributed by atoms with Gasteiger partial charge in [0.25, 0.3) is 5.91 Å². The SMILES string of the molecule is CCC(C)C(NC(=O)c1ccc(S(=O)(=O)NCc2ccco2)cc1)C(=O)O. The minimum atomic E-state index is -3.77. The quantitative estimate of drug-likeness (QED) is 0.597. The molecule has 0 aliphatic carbocycles. The maximum atomic E-state index is 12.3. The molecule has 0 bridgehead atoms. The van der Waals surface area contributed by atoms with Crippen molar-refractivity contribution in [2.45, 2.75) is 37.8 Å². The first-order valence-electron chi connectivity index (χ1n) is 8.40. The fourth-order valence-electron chi connectivity index (χ4n) is 2.36. The van der Waals surface area contributed by atoms with Crippen molar-refractivity contribution in [3.63, 3.8) is 0 Å². The monoisotopic (exact) mass is 394 g/mol. The van der Waals surface area contributed by atoms with Crippen molar-refractivity contribution in [2.75, 3.05) is 0 Å². The van der Waals surface area contributed by atoms with E-state index in [1.165, 1.54) is 30.5 Å². The van der Waals surface area contributed by atoms with Crippen molar-refractivity contribution in [2.24, 2.45) is 5.92 Å². The zero-order valence-corrected chi connectivity index (χ0v) is 15.8. The molecule has 1 aromatic heterocycles. The third-order valence-corrected chi connectivity index (χ3v) is 5.63. The fourth-order valence-corrected chi connectivity index (χ4v) is 3.35. The van der Waals surface area contributed by atoms with Crippen LogP contribution in [0.4, 0.5) is 0 Å². The van der Waals surface area contributed by atoms with Crippen LogP contribution in [0.1, 0.15) is 36.4 Å². The Morgan fingerprint density at radius 3 is 2.37 bits per heavy atom. The Labute approximate surface area is 157 Å². The van der Waals surface area contributed by atoms with Gasteiger partial charge in [-0.05, 0) is 42.3 Å². The Morgan fingerprint density at radius 1 is 1.19 bits per heavy atom. The second-order valence-electron chi connectivity index (χ2n) is 6.10. The second kappa shape index (κ2) is 8.83. The predicted molar refractivity (Wildman–Crippen MR) is 97.5 cm³/mol. The molecule has 1 heterocycles. The highest BCUT2D eigenvalue weighted by Gasteiger charge is 2.26. The smallest absolute Gasteiger partial charge is 0.326 e. The van der Waals surface area contributed by atoms with Gasteiger partial charge in [-0.2, -0.15) is 0 Å². The van der Waals surface area contributed by atoms with Gasteiger partial charge in [0.05, 0.1) is 17.7 Å². The first kappa shape index (κ1) is 20.7. The number of sulfonamides is 1. The number of carbonyl (C=O) groups excluding carboxylic acids is 1. The molecule has 2 aromatic rings. The van der Waals surface area contributed by atoms with Gasteiger partial charge in [-0.3, -0.25) is 4.79 Å². The topological polar surface area (TPSA) is 126 Å². The maximum absolute atomic E-state index is 12.3. The summed E-state index contributed by atoms with van der Waals surface area (Å²) >= 11 is 0. The zero-order valence-electron chi connectivity index (χ0n) is 15.0. The lowest BCUT2D eigenvalue weighted by atomic mass is 9.99. The highest BCUT2D eigenvalue weighted by atomic mass is 32.2. The number of aliphatic carboxylic acids is 1. The molecular formula is C18H22N2O6S. The molecular weight excluding hydrogens is 372 g/mol. The Balaban J connectivity index is 2.07. The molecule has 0 spiro atoms. The number of nitrogens with one attached hydrogen (secondary N) is 2.